The van der Waals surface area contributed by atoms with Crippen LogP contribution in [-0.2, 0) is 14.6 Å². The van der Waals surface area contributed by atoms with Crippen LogP contribution in [0.15, 0.2) is 10.1 Å². The van der Waals surface area contributed by atoms with E-state index in [0.717, 1.165) is 64.6 Å². The molecule has 0 bridgehead atoms. The van der Waals surface area contributed by atoms with Crippen LogP contribution in [0.5, 0.6) is 0 Å². The van der Waals surface area contributed by atoms with E-state index in [0.29, 0.717) is 54.4 Å². The summed E-state index contributed by atoms with van der Waals surface area (Å²) in [5, 5.41) is 18.7. The van der Waals surface area contributed by atoms with Crippen molar-refractivity contribution in [2.75, 3.05) is 26.2 Å². The summed E-state index contributed by atoms with van der Waals surface area (Å²) in [4.78, 5) is 7.81. The third-order valence-corrected chi connectivity index (χ3v) is 12.8. The topological polar surface area (TPSA) is 157 Å². The Morgan fingerprint density at radius 3 is 2.55 bits per heavy atom. The third kappa shape index (κ3) is 8.97. The lowest BCUT2D eigenvalue weighted by Crippen LogP contribution is -2.56. The minimum atomic E-state index is -4.45. The van der Waals surface area contributed by atoms with Gasteiger partial charge in [-0.25, -0.2) is 4.18 Å². The Kier molecular flexibility index (Phi) is 13.0. The van der Waals surface area contributed by atoms with Crippen molar-refractivity contribution in [2.24, 2.45) is 62.9 Å². The van der Waals surface area contributed by atoms with Crippen LogP contribution in [0.4, 0.5) is 0 Å². The van der Waals surface area contributed by atoms with E-state index in [1.807, 2.05) is 13.8 Å². The van der Waals surface area contributed by atoms with Gasteiger partial charge in [-0.3, -0.25) is 9.55 Å². The number of rotatable bonds is 16. The number of nitrogens with one attached hydrogen (secondary N) is 1. The van der Waals surface area contributed by atoms with Crippen molar-refractivity contribution in [1.82, 2.24) is 5.32 Å². The number of nitrogens with zero attached hydrogens (tertiary/aromatic N) is 4. The normalized spacial score (nSPS) is 35.9. The van der Waals surface area contributed by atoms with Crippen LogP contribution in [0.1, 0.15) is 111 Å². The molecule has 4 aliphatic rings. The number of fused-ring (bicyclic) bond motifs is 5. The van der Waals surface area contributed by atoms with Gasteiger partial charge in [0.15, 0.2) is 0 Å². The minimum absolute atomic E-state index is 0.0122. The number of aliphatic hydroxyl groups excluding tert-OH is 1. The van der Waals surface area contributed by atoms with Gasteiger partial charge in [0, 0.05) is 23.7 Å². The third-order valence-electron chi connectivity index (χ3n) is 12.3. The average molecular weight is 638 g/mol. The molecule has 0 amide bonds. The first-order valence-electron chi connectivity index (χ1n) is 17.5. The molecular formula is C33H59N5O5S. The highest BCUT2D eigenvalue weighted by atomic mass is 32.3. The van der Waals surface area contributed by atoms with E-state index in [9.17, 15) is 18.1 Å². The summed E-state index contributed by atoms with van der Waals surface area (Å²) < 4.78 is 36.9. The van der Waals surface area contributed by atoms with Gasteiger partial charge in [-0.05, 0) is 155 Å². The number of aliphatic imine (C=N–C) groups is 1. The molecule has 0 heterocycles. The Balaban J connectivity index is 1.27. The molecule has 0 aromatic carbocycles. The second kappa shape index (κ2) is 16.1. The second-order valence-corrected chi connectivity index (χ2v) is 16.2. The summed E-state index contributed by atoms with van der Waals surface area (Å²) in [6, 6.07) is 0. The monoisotopic (exact) mass is 637 g/mol. The van der Waals surface area contributed by atoms with Gasteiger partial charge in [-0.2, -0.15) is 8.42 Å². The standard InChI is InChI=1S/C33H59N5O5S/c1-22(2)31(43-44(40,41)42)13-8-23(3)26-9-10-28-27(26)11-12-29-32(28)30(39)21-24-20-25(14-15-33(24,29)4)36-18-7-17-35-16-5-6-19-37-38-34/h22-24,26-32,35,39H,5-21H2,1-4H3,(H,40,41,42)/t23-,24-,26-,27?,28?,29?,30?,31-,32?,33+/m1/s1. The van der Waals surface area contributed by atoms with Gasteiger partial charge in [0.2, 0.25) is 0 Å². The van der Waals surface area contributed by atoms with E-state index in [1.165, 1.54) is 37.8 Å². The van der Waals surface area contributed by atoms with Crippen LogP contribution in [0.2, 0.25) is 0 Å². The average Bonchev–Trinajstić information content (AvgIpc) is 3.40. The number of aliphatic hydroxyl groups is 1. The summed E-state index contributed by atoms with van der Waals surface area (Å²) in [6.07, 6.45) is 12.8. The van der Waals surface area contributed by atoms with Gasteiger partial charge in [0.05, 0.1) is 12.2 Å². The molecule has 0 saturated heterocycles. The first kappa shape index (κ1) is 35.6. The maximum Gasteiger partial charge on any atom is 0.397 e. The van der Waals surface area contributed by atoms with Crippen molar-refractivity contribution in [2.45, 2.75) is 123 Å². The van der Waals surface area contributed by atoms with Crippen molar-refractivity contribution in [1.29, 1.82) is 0 Å². The van der Waals surface area contributed by atoms with E-state index in [1.54, 1.807) is 0 Å². The molecular weight excluding hydrogens is 578 g/mol. The highest BCUT2D eigenvalue weighted by molar-refractivity contribution is 7.80. The molecule has 11 heteroatoms. The van der Waals surface area contributed by atoms with E-state index >= 15 is 0 Å². The van der Waals surface area contributed by atoms with Crippen molar-refractivity contribution in [3.05, 3.63) is 10.4 Å². The molecule has 3 N–H and O–H groups in total. The largest absolute Gasteiger partial charge is 0.397 e. The lowest BCUT2D eigenvalue weighted by Gasteiger charge is -2.60. The molecule has 0 aromatic rings. The van der Waals surface area contributed by atoms with E-state index in [-0.39, 0.29) is 17.4 Å². The van der Waals surface area contributed by atoms with Gasteiger partial charge in [0.1, 0.15) is 0 Å². The van der Waals surface area contributed by atoms with Gasteiger partial charge < -0.3 is 10.4 Å². The maximum atomic E-state index is 11.7. The Hall–Kier alpha value is -1.23. The molecule has 4 rings (SSSR count). The maximum absolute atomic E-state index is 11.7. The molecule has 4 aliphatic carbocycles. The number of hydrogen-bond acceptors (Lipinski definition) is 7. The quantitative estimate of drug-likeness (QED) is 0.0544. The number of unbranched alkanes of at least 4 members (excludes halogenated alkanes) is 1. The zero-order valence-electron chi connectivity index (χ0n) is 27.6. The first-order chi connectivity index (χ1) is 20.9. The highest BCUT2D eigenvalue weighted by Gasteiger charge is 2.59. The summed E-state index contributed by atoms with van der Waals surface area (Å²) in [7, 11) is -4.45. The fourth-order valence-corrected chi connectivity index (χ4v) is 10.6. The van der Waals surface area contributed by atoms with Crippen molar-refractivity contribution < 1.29 is 22.3 Å². The van der Waals surface area contributed by atoms with Crippen LogP contribution in [-0.4, -0.2) is 62.2 Å². The van der Waals surface area contributed by atoms with Gasteiger partial charge in [-0.15, -0.1) is 0 Å². The predicted octanol–water partition coefficient (Wildman–Crippen LogP) is 7.00. The molecule has 44 heavy (non-hydrogen) atoms. The van der Waals surface area contributed by atoms with Gasteiger partial charge in [-0.1, -0.05) is 32.8 Å². The summed E-state index contributed by atoms with van der Waals surface area (Å²) in [5.74, 6) is 3.81. The fourth-order valence-electron chi connectivity index (χ4n) is 9.93. The molecule has 4 fully saturated rings. The van der Waals surface area contributed by atoms with Gasteiger partial charge in [0.25, 0.3) is 0 Å². The van der Waals surface area contributed by atoms with Crippen LogP contribution in [0.25, 0.3) is 10.4 Å². The highest BCUT2D eigenvalue weighted by Crippen LogP contribution is 2.64. The van der Waals surface area contributed by atoms with Crippen molar-refractivity contribution >= 4 is 16.1 Å². The van der Waals surface area contributed by atoms with Crippen molar-refractivity contribution in [3.63, 3.8) is 0 Å². The Bertz CT molecular complexity index is 1110. The molecule has 252 valence electrons. The smallest absolute Gasteiger partial charge is 0.393 e. The fraction of sp³-hybridized carbons (Fsp3) is 0.970. The SMILES string of the molecule is CC(C)[C@@H](CC[C@@H](C)[C@H]1CCC2C3C(O)C[C@H]4CC(=NCCCNCCCCN=[N+]=[N-])CC[C@]4(C)C3CCC21)OS(=O)(=O)O. The van der Waals surface area contributed by atoms with Crippen LogP contribution in [0, 0.1) is 52.8 Å². The minimum Gasteiger partial charge on any atom is -0.393 e. The molecule has 10 atom stereocenters. The Morgan fingerprint density at radius 1 is 1.07 bits per heavy atom. The number of azide groups is 1. The molecule has 0 aromatic heterocycles. The first-order valence-corrected chi connectivity index (χ1v) is 18.9. The number of hydrogen-bond donors (Lipinski definition) is 3. The summed E-state index contributed by atoms with van der Waals surface area (Å²) >= 11 is 0. The van der Waals surface area contributed by atoms with E-state index in [2.05, 4.69) is 29.2 Å². The molecule has 4 saturated carbocycles. The lowest BCUT2D eigenvalue weighted by atomic mass is 9.46. The van der Waals surface area contributed by atoms with Crippen LogP contribution < -0.4 is 5.32 Å². The molecule has 0 radical (unpaired) electrons. The molecule has 5 unspecified atom stereocenters. The summed E-state index contributed by atoms with van der Waals surface area (Å²) in [5.41, 5.74) is 9.97. The molecule has 10 nitrogen and oxygen atoms in total. The predicted molar refractivity (Wildman–Crippen MR) is 175 cm³/mol. The van der Waals surface area contributed by atoms with Crippen LogP contribution >= 0.6 is 0 Å². The zero-order chi connectivity index (χ0) is 31.9. The van der Waals surface area contributed by atoms with Crippen molar-refractivity contribution in [3.8, 4) is 0 Å². The second-order valence-electron chi connectivity index (χ2n) is 15.1. The van der Waals surface area contributed by atoms with Crippen LogP contribution in [0.3, 0.4) is 0 Å². The zero-order valence-corrected chi connectivity index (χ0v) is 28.4. The van der Waals surface area contributed by atoms with Gasteiger partial charge >= 0.3 is 10.4 Å². The Morgan fingerprint density at radius 2 is 1.82 bits per heavy atom. The lowest BCUT2D eigenvalue weighted by molar-refractivity contribution is -0.137. The molecule has 0 spiro atoms. The molecule has 0 aliphatic heterocycles. The van der Waals surface area contributed by atoms with E-state index in [4.69, 9.17) is 14.7 Å². The Labute approximate surface area is 266 Å². The summed E-state index contributed by atoms with van der Waals surface area (Å²) in [6.45, 7) is 12.1. The van der Waals surface area contributed by atoms with E-state index < -0.39 is 16.5 Å².